The molecule has 15 heavy (non-hydrogen) atoms. The minimum absolute atomic E-state index is 0.0940. The van der Waals surface area contributed by atoms with Gasteiger partial charge >= 0.3 is 0 Å². The molecule has 76 valence electrons. The Hall–Kier alpha value is -1.81. The number of aromatic hydroxyl groups is 1. The Labute approximate surface area is 90.8 Å². The van der Waals surface area contributed by atoms with Gasteiger partial charge in [-0.1, -0.05) is 6.07 Å². The number of hydrogen-bond acceptors (Lipinski definition) is 4. The molecule has 3 nitrogen and oxygen atoms in total. The predicted molar refractivity (Wildman–Crippen MR) is 61.2 cm³/mol. The number of thiophene rings is 1. The van der Waals surface area contributed by atoms with E-state index in [4.69, 9.17) is 5.73 Å². The van der Waals surface area contributed by atoms with Gasteiger partial charge in [-0.25, -0.2) is 0 Å². The van der Waals surface area contributed by atoms with Crippen LogP contribution >= 0.6 is 11.3 Å². The summed E-state index contributed by atoms with van der Waals surface area (Å²) in [4.78, 5) is 11.3. The second-order valence-electron chi connectivity index (χ2n) is 3.06. The van der Waals surface area contributed by atoms with E-state index in [1.54, 1.807) is 29.6 Å². The van der Waals surface area contributed by atoms with Gasteiger partial charge in [0.05, 0.1) is 4.88 Å². The number of rotatable bonds is 2. The summed E-state index contributed by atoms with van der Waals surface area (Å²) in [5, 5.41) is 11.5. The number of benzene rings is 1. The average molecular weight is 219 g/mol. The van der Waals surface area contributed by atoms with Gasteiger partial charge in [0.2, 0.25) is 0 Å². The van der Waals surface area contributed by atoms with Crippen LogP contribution in [0.1, 0.15) is 9.67 Å². The van der Waals surface area contributed by atoms with Gasteiger partial charge in [0.25, 0.3) is 0 Å². The summed E-state index contributed by atoms with van der Waals surface area (Å²) in [7, 11) is 0. The highest BCUT2D eigenvalue weighted by Crippen LogP contribution is 2.37. The van der Waals surface area contributed by atoms with E-state index in [0.717, 1.165) is 6.29 Å². The van der Waals surface area contributed by atoms with Crippen LogP contribution < -0.4 is 5.73 Å². The third-order valence-electron chi connectivity index (χ3n) is 2.15. The lowest BCUT2D eigenvalue weighted by molar-refractivity contribution is 0.112. The molecule has 0 unspecified atom stereocenters. The maximum absolute atomic E-state index is 10.8. The van der Waals surface area contributed by atoms with E-state index in [1.807, 2.05) is 0 Å². The molecule has 0 aliphatic heterocycles. The van der Waals surface area contributed by atoms with Crippen molar-refractivity contribution in [1.82, 2.24) is 0 Å². The number of phenols is 1. The lowest BCUT2D eigenvalue weighted by Gasteiger charge is -2.06. The minimum Gasteiger partial charge on any atom is -0.507 e. The van der Waals surface area contributed by atoms with Crippen LogP contribution in [0.25, 0.3) is 11.1 Å². The van der Waals surface area contributed by atoms with Crippen LogP contribution in [0.2, 0.25) is 0 Å². The Balaban J connectivity index is 2.68. The number of phenolic OH excluding ortho intramolecular Hbond substituents is 1. The summed E-state index contributed by atoms with van der Waals surface area (Å²) in [6, 6.07) is 6.69. The number of carbonyl (C=O) groups is 1. The van der Waals surface area contributed by atoms with E-state index in [2.05, 4.69) is 0 Å². The van der Waals surface area contributed by atoms with Gasteiger partial charge in [0, 0.05) is 16.8 Å². The fourth-order valence-electron chi connectivity index (χ4n) is 1.47. The third kappa shape index (κ3) is 1.59. The van der Waals surface area contributed by atoms with Crippen LogP contribution in [0.5, 0.6) is 5.75 Å². The molecule has 0 saturated carbocycles. The van der Waals surface area contributed by atoms with Gasteiger partial charge < -0.3 is 10.8 Å². The van der Waals surface area contributed by atoms with E-state index < -0.39 is 0 Å². The highest BCUT2D eigenvalue weighted by Gasteiger charge is 2.12. The Kier molecular flexibility index (Phi) is 2.43. The number of carbonyl (C=O) groups excluding carboxylic acids is 1. The van der Waals surface area contributed by atoms with Crippen molar-refractivity contribution in [3.8, 4) is 16.9 Å². The largest absolute Gasteiger partial charge is 0.507 e. The molecule has 2 aromatic rings. The van der Waals surface area contributed by atoms with Gasteiger partial charge in [0.1, 0.15) is 5.75 Å². The zero-order valence-corrected chi connectivity index (χ0v) is 8.62. The van der Waals surface area contributed by atoms with Crippen molar-refractivity contribution in [3.05, 3.63) is 34.5 Å². The number of anilines is 1. The lowest BCUT2D eigenvalue weighted by atomic mass is 10.0. The number of nitrogen functional groups attached to an aromatic ring is 1. The van der Waals surface area contributed by atoms with Crippen LogP contribution in [0.4, 0.5) is 5.69 Å². The van der Waals surface area contributed by atoms with Gasteiger partial charge in [-0.2, -0.15) is 0 Å². The molecule has 3 N–H and O–H groups in total. The van der Waals surface area contributed by atoms with E-state index in [0.29, 0.717) is 21.7 Å². The maximum atomic E-state index is 10.8. The van der Waals surface area contributed by atoms with Gasteiger partial charge in [-0.05, 0) is 23.6 Å². The maximum Gasteiger partial charge on any atom is 0.160 e. The molecule has 0 radical (unpaired) electrons. The van der Waals surface area contributed by atoms with E-state index in [9.17, 15) is 9.90 Å². The smallest absolute Gasteiger partial charge is 0.160 e. The average Bonchev–Trinajstić information content (AvgIpc) is 2.65. The van der Waals surface area contributed by atoms with Gasteiger partial charge in [0.15, 0.2) is 6.29 Å². The van der Waals surface area contributed by atoms with Gasteiger partial charge in [-0.3, -0.25) is 4.79 Å². The number of hydrogen-bond donors (Lipinski definition) is 2. The fraction of sp³-hybridized carbons (Fsp3) is 0. The molecular formula is C11H9NO2S. The van der Waals surface area contributed by atoms with Crippen molar-refractivity contribution < 1.29 is 9.90 Å². The zero-order valence-electron chi connectivity index (χ0n) is 7.81. The highest BCUT2D eigenvalue weighted by molar-refractivity contribution is 7.12. The lowest BCUT2D eigenvalue weighted by Crippen LogP contribution is -1.90. The molecule has 0 saturated heterocycles. The molecule has 0 bridgehead atoms. The molecule has 1 aromatic carbocycles. The highest BCUT2D eigenvalue weighted by atomic mass is 32.1. The fourth-order valence-corrected chi connectivity index (χ4v) is 2.17. The van der Waals surface area contributed by atoms with Crippen molar-refractivity contribution in [3.63, 3.8) is 0 Å². The SMILES string of the molecule is Nc1cccc(O)c1-c1ccsc1C=O. The first kappa shape index (κ1) is 9.73. The van der Waals surface area contributed by atoms with Crippen molar-refractivity contribution in [2.75, 3.05) is 5.73 Å². The monoisotopic (exact) mass is 219 g/mol. The first-order valence-electron chi connectivity index (χ1n) is 4.34. The normalized spacial score (nSPS) is 10.1. The zero-order chi connectivity index (χ0) is 10.8. The molecular weight excluding hydrogens is 210 g/mol. The van der Waals surface area contributed by atoms with Crippen molar-refractivity contribution >= 4 is 23.3 Å². The van der Waals surface area contributed by atoms with Crippen LogP contribution in [-0.4, -0.2) is 11.4 Å². The first-order chi connectivity index (χ1) is 7.24. The van der Waals surface area contributed by atoms with Crippen LogP contribution in [0.3, 0.4) is 0 Å². The molecule has 0 spiro atoms. The van der Waals surface area contributed by atoms with Crippen LogP contribution in [0.15, 0.2) is 29.6 Å². The number of aldehydes is 1. The second kappa shape index (κ2) is 3.74. The second-order valence-corrected chi connectivity index (χ2v) is 4.01. The molecule has 0 aliphatic rings. The quantitative estimate of drug-likeness (QED) is 0.602. The summed E-state index contributed by atoms with van der Waals surface area (Å²) in [5.41, 5.74) is 7.45. The number of nitrogens with two attached hydrogens (primary N) is 1. The molecule has 1 aromatic heterocycles. The summed E-state index contributed by atoms with van der Waals surface area (Å²) < 4.78 is 0. The summed E-state index contributed by atoms with van der Waals surface area (Å²) >= 11 is 1.33. The standard InChI is InChI=1S/C11H9NO2S/c12-8-2-1-3-9(14)11(8)7-4-5-15-10(7)6-13/h1-6,14H,12H2. The summed E-state index contributed by atoms with van der Waals surface area (Å²) in [5.74, 6) is 0.0940. The Bertz CT molecular complexity index is 485. The van der Waals surface area contributed by atoms with E-state index in [-0.39, 0.29) is 5.75 Å². The van der Waals surface area contributed by atoms with Crippen molar-refractivity contribution in [2.24, 2.45) is 0 Å². The van der Waals surface area contributed by atoms with Gasteiger partial charge in [-0.15, -0.1) is 11.3 Å². The Morgan fingerprint density at radius 1 is 1.33 bits per heavy atom. The topological polar surface area (TPSA) is 63.3 Å². The molecule has 2 rings (SSSR count). The van der Waals surface area contributed by atoms with Crippen LogP contribution in [0, 0.1) is 0 Å². The van der Waals surface area contributed by atoms with E-state index in [1.165, 1.54) is 11.3 Å². The molecule has 1 heterocycles. The minimum atomic E-state index is 0.0940. The summed E-state index contributed by atoms with van der Waals surface area (Å²) in [6.07, 6.45) is 0.770. The predicted octanol–water partition coefficient (Wildman–Crippen LogP) is 2.52. The molecule has 0 atom stereocenters. The Morgan fingerprint density at radius 2 is 2.13 bits per heavy atom. The first-order valence-corrected chi connectivity index (χ1v) is 5.22. The van der Waals surface area contributed by atoms with Crippen LogP contribution in [-0.2, 0) is 0 Å². The van der Waals surface area contributed by atoms with E-state index >= 15 is 0 Å². The molecule has 0 fully saturated rings. The van der Waals surface area contributed by atoms with Crippen molar-refractivity contribution in [2.45, 2.75) is 0 Å². The molecule has 0 amide bonds. The molecule has 4 heteroatoms. The Morgan fingerprint density at radius 3 is 2.80 bits per heavy atom. The summed E-state index contributed by atoms with van der Waals surface area (Å²) in [6.45, 7) is 0. The van der Waals surface area contributed by atoms with Crippen molar-refractivity contribution in [1.29, 1.82) is 0 Å². The third-order valence-corrected chi connectivity index (χ3v) is 2.99. The molecule has 0 aliphatic carbocycles.